The van der Waals surface area contributed by atoms with Crippen LogP contribution in [-0.4, -0.2) is 27.8 Å². The highest BCUT2D eigenvalue weighted by Gasteiger charge is 2.15. The van der Waals surface area contributed by atoms with Crippen LogP contribution in [0.3, 0.4) is 0 Å². The zero-order valence-electron chi connectivity index (χ0n) is 14.3. The Morgan fingerprint density at radius 2 is 1.64 bits per heavy atom. The largest absolute Gasteiger partial charge is 0.330 e. The highest BCUT2D eigenvalue weighted by molar-refractivity contribution is 7.88. The van der Waals surface area contributed by atoms with Gasteiger partial charge in [-0.3, -0.25) is 0 Å². The molecule has 3 N–H and O–H groups in total. The maximum Gasteiger partial charge on any atom is 0.208 e. The van der Waals surface area contributed by atoms with Crippen LogP contribution in [0, 0.1) is 0 Å². The van der Waals surface area contributed by atoms with Gasteiger partial charge in [-0.1, -0.05) is 39.0 Å². The van der Waals surface area contributed by atoms with Crippen LogP contribution in [0.5, 0.6) is 0 Å². The Bertz CT molecular complexity index is 575. The molecule has 1 rings (SSSR count). The van der Waals surface area contributed by atoms with Crippen molar-refractivity contribution >= 4 is 10.0 Å². The summed E-state index contributed by atoms with van der Waals surface area (Å²) in [7, 11) is -3.12. The topological polar surface area (TPSA) is 72.2 Å². The second kappa shape index (κ2) is 8.09. The van der Waals surface area contributed by atoms with E-state index in [1.165, 1.54) is 22.9 Å². The minimum Gasteiger partial charge on any atom is -0.330 e. The molecule has 0 bridgehead atoms. The Labute approximate surface area is 135 Å². The quantitative estimate of drug-likeness (QED) is 0.720. The van der Waals surface area contributed by atoms with Gasteiger partial charge in [-0.2, -0.15) is 0 Å². The van der Waals surface area contributed by atoms with E-state index in [1.807, 2.05) is 0 Å². The molecule has 0 amide bonds. The van der Waals surface area contributed by atoms with Gasteiger partial charge in [-0.25, -0.2) is 13.1 Å². The molecule has 0 spiro atoms. The van der Waals surface area contributed by atoms with Gasteiger partial charge in [0, 0.05) is 6.54 Å². The van der Waals surface area contributed by atoms with Crippen LogP contribution in [0.4, 0.5) is 0 Å². The molecule has 0 atom stereocenters. The van der Waals surface area contributed by atoms with Crippen LogP contribution in [0.1, 0.15) is 50.3 Å². The Morgan fingerprint density at radius 3 is 2.14 bits per heavy atom. The van der Waals surface area contributed by atoms with Crippen molar-refractivity contribution in [2.75, 3.05) is 19.3 Å². The molecule has 0 radical (unpaired) electrons. The SMILES string of the molecule is CC(C)(C)c1cc(CCCCN)cc(CCNS(C)(=O)=O)c1. The Balaban J connectivity index is 2.87. The molecule has 1 aromatic rings. The predicted molar refractivity (Wildman–Crippen MR) is 93.7 cm³/mol. The van der Waals surface area contributed by atoms with Crippen molar-refractivity contribution in [2.45, 2.75) is 51.9 Å². The third kappa shape index (κ3) is 7.38. The van der Waals surface area contributed by atoms with E-state index in [9.17, 15) is 8.42 Å². The van der Waals surface area contributed by atoms with Crippen LogP contribution in [-0.2, 0) is 28.3 Å². The van der Waals surface area contributed by atoms with E-state index in [0.717, 1.165) is 25.8 Å². The third-order valence-electron chi connectivity index (χ3n) is 3.62. The van der Waals surface area contributed by atoms with E-state index < -0.39 is 10.0 Å². The predicted octanol–water partition coefficient (Wildman–Crippen LogP) is 2.36. The molecule has 126 valence electrons. The average Bonchev–Trinajstić information content (AvgIpc) is 2.36. The van der Waals surface area contributed by atoms with Gasteiger partial charge in [0.2, 0.25) is 10.0 Å². The zero-order valence-corrected chi connectivity index (χ0v) is 15.1. The molecule has 0 saturated heterocycles. The number of hydrogen-bond acceptors (Lipinski definition) is 3. The second-order valence-electron chi connectivity index (χ2n) is 6.95. The summed E-state index contributed by atoms with van der Waals surface area (Å²) in [6.07, 6.45) is 5.04. The lowest BCUT2D eigenvalue weighted by molar-refractivity contribution is 0.584. The van der Waals surface area contributed by atoms with Gasteiger partial charge < -0.3 is 5.73 Å². The van der Waals surface area contributed by atoms with Gasteiger partial charge >= 0.3 is 0 Å². The highest BCUT2D eigenvalue weighted by atomic mass is 32.2. The van der Waals surface area contributed by atoms with Gasteiger partial charge in [-0.15, -0.1) is 0 Å². The van der Waals surface area contributed by atoms with Crippen LogP contribution >= 0.6 is 0 Å². The van der Waals surface area contributed by atoms with Crippen LogP contribution in [0.15, 0.2) is 18.2 Å². The summed E-state index contributed by atoms with van der Waals surface area (Å²) < 4.78 is 24.9. The minimum atomic E-state index is -3.12. The summed E-state index contributed by atoms with van der Waals surface area (Å²) in [5.74, 6) is 0. The van der Waals surface area contributed by atoms with Crippen molar-refractivity contribution in [2.24, 2.45) is 5.73 Å². The Morgan fingerprint density at radius 1 is 1.05 bits per heavy atom. The van der Waals surface area contributed by atoms with E-state index in [4.69, 9.17) is 5.73 Å². The fourth-order valence-corrected chi connectivity index (χ4v) is 2.81. The number of sulfonamides is 1. The van der Waals surface area contributed by atoms with Crippen molar-refractivity contribution < 1.29 is 8.42 Å². The molecule has 0 aliphatic heterocycles. The van der Waals surface area contributed by atoms with Gasteiger partial charge in [0.15, 0.2) is 0 Å². The molecule has 0 aliphatic carbocycles. The van der Waals surface area contributed by atoms with Gasteiger partial charge in [0.25, 0.3) is 0 Å². The first kappa shape index (κ1) is 19.1. The van der Waals surface area contributed by atoms with Crippen molar-refractivity contribution in [3.05, 3.63) is 34.9 Å². The molecule has 0 unspecified atom stereocenters. The number of benzene rings is 1. The van der Waals surface area contributed by atoms with E-state index >= 15 is 0 Å². The molecule has 0 aliphatic rings. The van der Waals surface area contributed by atoms with Crippen LogP contribution in [0.2, 0.25) is 0 Å². The maximum absolute atomic E-state index is 11.2. The minimum absolute atomic E-state index is 0.0862. The van der Waals surface area contributed by atoms with E-state index in [0.29, 0.717) is 13.0 Å². The molecule has 0 aromatic heterocycles. The summed E-state index contributed by atoms with van der Waals surface area (Å²) in [6.45, 7) is 7.76. The molecule has 0 fully saturated rings. The van der Waals surface area contributed by atoms with Crippen molar-refractivity contribution in [3.8, 4) is 0 Å². The fraction of sp³-hybridized carbons (Fsp3) is 0.647. The van der Waals surface area contributed by atoms with Gasteiger partial charge in [0.05, 0.1) is 6.26 Å². The smallest absolute Gasteiger partial charge is 0.208 e. The molecule has 1 aromatic carbocycles. The number of hydrogen-bond donors (Lipinski definition) is 2. The Kier molecular flexibility index (Phi) is 7.03. The zero-order chi connectivity index (χ0) is 16.8. The maximum atomic E-state index is 11.2. The summed E-state index contributed by atoms with van der Waals surface area (Å²) in [4.78, 5) is 0. The molecule has 4 nitrogen and oxygen atoms in total. The van der Waals surface area contributed by atoms with E-state index in [-0.39, 0.29) is 5.41 Å². The first-order valence-electron chi connectivity index (χ1n) is 7.90. The van der Waals surface area contributed by atoms with E-state index in [2.05, 4.69) is 43.7 Å². The first-order valence-corrected chi connectivity index (χ1v) is 9.79. The summed E-state index contributed by atoms with van der Waals surface area (Å²) >= 11 is 0. The first-order chi connectivity index (χ1) is 10.1. The lowest BCUT2D eigenvalue weighted by Gasteiger charge is -2.21. The van der Waals surface area contributed by atoms with E-state index in [1.54, 1.807) is 0 Å². The number of unbranched alkanes of at least 4 members (excludes halogenated alkanes) is 1. The fourth-order valence-electron chi connectivity index (χ4n) is 2.34. The lowest BCUT2D eigenvalue weighted by Crippen LogP contribution is -2.24. The van der Waals surface area contributed by atoms with Gasteiger partial charge in [-0.05, 0) is 54.3 Å². The molecule has 5 heteroatoms. The lowest BCUT2D eigenvalue weighted by atomic mass is 9.84. The van der Waals surface area contributed by atoms with Crippen molar-refractivity contribution in [1.29, 1.82) is 0 Å². The Hall–Kier alpha value is -0.910. The molecular weight excluding hydrogens is 296 g/mol. The van der Waals surface area contributed by atoms with Crippen molar-refractivity contribution in [3.63, 3.8) is 0 Å². The highest BCUT2D eigenvalue weighted by Crippen LogP contribution is 2.25. The summed E-state index contributed by atoms with van der Waals surface area (Å²) in [5, 5.41) is 0. The third-order valence-corrected chi connectivity index (χ3v) is 4.34. The molecule has 0 saturated carbocycles. The van der Waals surface area contributed by atoms with Crippen molar-refractivity contribution in [1.82, 2.24) is 4.72 Å². The number of nitrogens with two attached hydrogens (primary N) is 1. The standard InChI is InChI=1S/C17H30N2O2S/c1-17(2,3)16-12-14(7-5-6-9-18)11-15(13-16)8-10-19-22(4,20)21/h11-13,19H,5-10,18H2,1-4H3. The normalized spacial score (nSPS) is 12.6. The molecule has 22 heavy (non-hydrogen) atoms. The molecular formula is C17H30N2O2S. The average molecular weight is 327 g/mol. The number of rotatable bonds is 8. The van der Waals surface area contributed by atoms with Crippen LogP contribution < -0.4 is 10.5 Å². The second-order valence-corrected chi connectivity index (χ2v) is 8.78. The summed E-state index contributed by atoms with van der Waals surface area (Å²) in [5.41, 5.74) is 9.45. The number of aryl methyl sites for hydroxylation is 1. The number of nitrogens with one attached hydrogen (secondary N) is 1. The van der Waals surface area contributed by atoms with Crippen LogP contribution in [0.25, 0.3) is 0 Å². The monoisotopic (exact) mass is 326 g/mol. The molecule has 0 heterocycles. The van der Waals surface area contributed by atoms with Gasteiger partial charge in [0.1, 0.15) is 0 Å². The summed E-state index contributed by atoms with van der Waals surface area (Å²) in [6, 6.07) is 6.65.